The first kappa shape index (κ1) is 3.58. The lowest BCUT2D eigenvalue weighted by molar-refractivity contribution is 2.42. The molecule has 2 radical (unpaired) electrons. The maximum atomic E-state index is 4.73. The Bertz CT molecular complexity index is 41.2. The summed E-state index contributed by atoms with van der Waals surface area (Å²) in [5.41, 5.74) is 2.33. The van der Waals surface area contributed by atoms with Crippen LogP contribution < -0.4 is 0 Å². The van der Waals surface area contributed by atoms with Crippen LogP contribution >= 0.6 is 0 Å². The normalized spacial score (nSPS) is 4.00. The SMILES string of the molecule is [B]C=C=C. The Kier molecular flexibility index (Phi) is 2.32. The number of rotatable bonds is 0. The molecule has 0 spiro atoms. The molecule has 0 unspecified atom stereocenters. The van der Waals surface area contributed by atoms with Crippen molar-refractivity contribution in [1.29, 1.82) is 0 Å². The minimum Gasteiger partial charge on any atom is -0.144 e. The first-order chi connectivity index (χ1) is 1.91. The van der Waals surface area contributed by atoms with E-state index < -0.39 is 0 Å². The van der Waals surface area contributed by atoms with Gasteiger partial charge in [0.05, 0.1) is 0 Å². The summed E-state index contributed by atoms with van der Waals surface area (Å²) in [4.78, 5) is 0. The van der Waals surface area contributed by atoms with Crippen LogP contribution in [0.4, 0.5) is 0 Å². The van der Waals surface area contributed by atoms with Crippen LogP contribution in [0.3, 0.4) is 0 Å². The molecule has 1 heteroatoms. The van der Waals surface area contributed by atoms with Gasteiger partial charge < -0.3 is 0 Å². The summed E-state index contributed by atoms with van der Waals surface area (Å²) in [5, 5.41) is 0. The van der Waals surface area contributed by atoms with E-state index in [4.69, 9.17) is 7.85 Å². The van der Waals surface area contributed by atoms with Gasteiger partial charge in [0.15, 0.2) is 0 Å². The van der Waals surface area contributed by atoms with Crippen LogP contribution in [0.5, 0.6) is 0 Å². The predicted octanol–water partition coefficient (Wildman–Crippen LogP) is 0.453. The quantitative estimate of drug-likeness (QED) is 0.276. The van der Waals surface area contributed by atoms with Gasteiger partial charge in [-0.3, -0.25) is 0 Å². The average Bonchev–Trinajstić information content (AvgIpc) is 1.37. The van der Waals surface area contributed by atoms with Gasteiger partial charge in [0, 0.05) is 0 Å². The highest BCUT2D eigenvalue weighted by atomic mass is 13.2. The molecule has 0 aromatic carbocycles. The standard InChI is InChI=1S/C3H3B/c1-2-3-4/h3H,1H2. The highest BCUT2D eigenvalue weighted by Gasteiger charge is 1.26. The Hall–Kier alpha value is -0.415. The van der Waals surface area contributed by atoms with E-state index in [1.54, 1.807) is 0 Å². The van der Waals surface area contributed by atoms with Crippen molar-refractivity contribution in [2.75, 3.05) is 0 Å². The highest BCUT2D eigenvalue weighted by Crippen LogP contribution is 1.36. The van der Waals surface area contributed by atoms with Gasteiger partial charge in [-0.05, 0) is 0 Å². The predicted molar refractivity (Wildman–Crippen MR) is 19.5 cm³/mol. The summed E-state index contributed by atoms with van der Waals surface area (Å²) in [5.74, 6) is 1.26. The maximum absolute atomic E-state index is 4.73. The summed E-state index contributed by atoms with van der Waals surface area (Å²) >= 11 is 0. The maximum Gasteiger partial charge on any atom is 0.114 e. The Morgan fingerprint density at radius 2 is 2.25 bits per heavy atom. The fourth-order valence-corrected chi connectivity index (χ4v) is 0. The molecule has 0 aliphatic carbocycles. The van der Waals surface area contributed by atoms with Crippen molar-refractivity contribution < 1.29 is 0 Å². The van der Waals surface area contributed by atoms with Gasteiger partial charge in [0.25, 0.3) is 0 Å². The molecule has 0 nitrogen and oxygen atoms in total. The second kappa shape index (κ2) is 2.58. The molecular weight excluding hydrogens is 46.8 g/mol. The zero-order valence-corrected chi connectivity index (χ0v) is 2.36. The van der Waals surface area contributed by atoms with E-state index in [1.165, 1.54) is 5.98 Å². The fourth-order valence-electron chi connectivity index (χ4n) is 0. The molecule has 0 fully saturated rings. The zero-order valence-electron chi connectivity index (χ0n) is 2.36. The van der Waals surface area contributed by atoms with E-state index in [2.05, 4.69) is 12.3 Å². The van der Waals surface area contributed by atoms with Gasteiger partial charge in [0.2, 0.25) is 0 Å². The molecule has 0 aliphatic rings. The van der Waals surface area contributed by atoms with E-state index in [0.29, 0.717) is 0 Å². The van der Waals surface area contributed by atoms with Crippen molar-refractivity contribution in [2.24, 2.45) is 0 Å². The lowest BCUT2D eigenvalue weighted by Gasteiger charge is -1.36. The third-order valence-electron chi connectivity index (χ3n) is 0.118. The molecule has 4 heavy (non-hydrogen) atoms. The van der Waals surface area contributed by atoms with Gasteiger partial charge in [-0.2, -0.15) is 0 Å². The first-order valence-corrected chi connectivity index (χ1v) is 0.976. The van der Waals surface area contributed by atoms with E-state index in [9.17, 15) is 0 Å². The number of hydrogen-bond acceptors (Lipinski definition) is 0. The van der Waals surface area contributed by atoms with Crippen LogP contribution in [0.2, 0.25) is 0 Å². The zero-order chi connectivity index (χ0) is 3.41. The molecule has 0 rings (SSSR count). The Morgan fingerprint density at radius 1 is 2.00 bits per heavy atom. The Balaban J connectivity index is 3.11. The van der Waals surface area contributed by atoms with Crippen molar-refractivity contribution in [3.05, 3.63) is 18.3 Å². The smallest absolute Gasteiger partial charge is 0.114 e. The summed E-state index contributed by atoms with van der Waals surface area (Å²) in [7, 11) is 4.73. The van der Waals surface area contributed by atoms with Crippen LogP contribution in [0, 0.1) is 0 Å². The van der Waals surface area contributed by atoms with Gasteiger partial charge >= 0.3 is 0 Å². The summed E-state index contributed by atoms with van der Waals surface area (Å²) in [6.45, 7) is 3.17. The molecule has 0 aromatic rings. The molecule has 0 bridgehead atoms. The van der Waals surface area contributed by atoms with Crippen molar-refractivity contribution in [1.82, 2.24) is 0 Å². The molecule has 0 saturated carbocycles. The Labute approximate surface area is 27.2 Å². The van der Waals surface area contributed by atoms with E-state index in [1.807, 2.05) is 0 Å². The van der Waals surface area contributed by atoms with Crippen LogP contribution in [0.25, 0.3) is 0 Å². The molecule has 0 heterocycles. The van der Waals surface area contributed by atoms with E-state index in [0.717, 1.165) is 0 Å². The van der Waals surface area contributed by atoms with Gasteiger partial charge in [-0.25, -0.2) is 0 Å². The van der Waals surface area contributed by atoms with Crippen molar-refractivity contribution in [2.45, 2.75) is 0 Å². The molecule has 0 saturated heterocycles. The summed E-state index contributed by atoms with van der Waals surface area (Å²) < 4.78 is 0. The third-order valence-corrected chi connectivity index (χ3v) is 0.118. The molecule has 0 aromatic heterocycles. The molecule has 0 aliphatic heterocycles. The van der Waals surface area contributed by atoms with Crippen molar-refractivity contribution >= 4 is 7.85 Å². The molecule has 0 atom stereocenters. The van der Waals surface area contributed by atoms with Gasteiger partial charge in [-0.15, -0.1) is 5.73 Å². The largest absolute Gasteiger partial charge is 0.144 e. The average molecular weight is 49.9 g/mol. The van der Waals surface area contributed by atoms with Crippen molar-refractivity contribution in [3.8, 4) is 0 Å². The minimum absolute atomic E-state index is 1.26. The summed E-state index contributed by atoms with van der Waals surface area (Å²) in [6, 6.07) is 0. The van der Waals surface area contributed by atoms with Crippen LogP contribution in [0.1, 0.15) is 0 Å². The molecule has 18 valence electrons. The third kappa shape index (κ3) is 1.58. The second-order valence-corrected chi connectivity index (χ2v) is 0.371. The first-order valence-electron chi connectivity index (χ1n) is 0.976. The molecular formula is C3H3B. The lowest BCUT2D eigenvalue weighted by atomic mass is 10.2. The topological polar surface area (TPSA) is 0 Å². The monoisotopic (exact) mass is 50.0 g/mol. The molecule has 0 N–H and O–H groups in total. The fraction of sp³-hybridized carbons (Fsp3) is 0. The second-order valence-electron chi connectivity index (χ2n) is 0.371. The van der Waals surface area contributed by atoms with Crippen LogP contribution in [-0.2, 0) is 0 Å². The van der Waals surface area contributed by atoms with Crippen LogP contribution in [-0.4, -0.2) is 7.85 Å². The van der Waals surface area contributed by atoms with Gasteiger partial charge in [0.1, 0.15) is 7.85 Å². The minimum atomic E-state index is 1.26. The lowest BCUT2D eigenvalue weighted by Crippen LogP contribution is -1.33. The van der Waals surface area contributed by atoms with Gasteiger partial charge in [-0.1, -0.05) is 12.6 Å². The molecule has 0 amide bonds. The Morgan fingerprint density at radius 3 is 2.25 bits per heavy atom. The summed E-state index contributed by atoms with van der Waals surface area (Å²) in [6.07, 6.45) is 0. The van der Waals surface area contributed by atoms with Crippen LogP contribution in [0.15, 0.2) is 18.3 Å². The van der Waals surface area contributed by atoms with E-state index in [-0.39, 0.29) is 0 Å². The highest BCUT2D eigenvalue weighted by molar-refractivity contribution is 6.16. The van der Waals surface area contributed by atoms with E-state index >= 15 is 0 Å². The number of hydrogen-bond donors (Lipinski definition) is 0. The van der Waals surface area contributed by atoms with Crippen molar-refractivity contribution in [3.63, 3.8) is 0 Å².